The molecule has 0 fully saturated rings. The van der Waals surface area contributed by atoms with Crippen molar-refractivity contribution in [2.45, 2.75) is 52.7 Å². The topological polar surface area (TPSA) is 47.7 Å². The van der Waals surface area contributed by atoms with Crippen molar-refractivity contribution in [3.63, 3.8) is 0 Å². The Morgan fingerprint density at radius 3 is 2.81 bits per heavy atom. The second kappa shape index (κ2) is 8.20. The summed E-state index contributed by atoms with van der Waals surface area (Å²) in [6.07, 6.45) is 8.83. The molecule has 2 rings (SSSR count). The highest BCUT2D eigenvalue weighted by molar-refractivity contribution is 6.31. The summed E-state index contributed by atoms with van der Waals surface area (Å²) in [7, 11) is 0. The normalized spacial score (nSPS) is 11.2. The molecule has 0 aliphatic heterocycles. The predicted molar refractivity (Wildman–Crippen MR) is 85.5 cm³/mol. The van der Waals surface area contributed by atoms with E-state index in [4.69, 9.17) is 11.6 Å². The number of nitrogens with zero attached hydrogens (tertiary/aromatic N) is 4. The lowest BCUT2D eigenvalue weighted by Gasteiger charge is -2.07. The Kier molecular flexibility index (Phi) is 6.26. The van der Waals surface area contributed by atoms with E-state index in [0.29, 0.717) is 0 Å². The summed E-state index contributed by atoms with van der Waals surface area (Å²) >= 11 is 6.38. The lowest BCUT2D eigenvalue weighted by Crippen LogP contribution is -2.18. The quantitative estimate of drug-likeness (QED) is 0.725. The third-order valence-corrected chi connectivity index (χ3v) is 4.00. The SMILES string of the molecule is CCc1nn(CC)c(CNCCCCn2ccnc2)c1Cl. The fraction of sp³-hybridized carbons (Fsp3) is 0.600. The molecule has 0 spiro atoms. The van der Waals surface area contributed by atoms with Crippen LogP contribution in [0.1, 0.15) is 38.1 Å². The molecular formula is C15H24ClN5. The standard InChI is InChI=1S/C15H24ClN5/c1-3-13-15(16)14(21(4-2)19-13)11-17-7-5-6-9-20-10-8-18-12-20/h8,10,12,17H,3-7,9,11H2,1-2H3. The molecule has 0 aliphatic carbocycles. The molecule has 2 aromatic rings. The molecule has 2 aromatic heterocycles. The van der Waals surface area contributed by atoms with Crippen LogP contribution in [0.15, 0.2) is 18.7 Å². The lowest BCUT2D eigenvalue weighted by atomic mass is 10.2. The van der Waals surface area contributed by atoms with Crippen molar-refractivity contribution in [2.24, 2.45) is 0 Å². The van der Waals surface area contributed by atoms with E-state index in [2.05, 4.69) is 33.8 Å². The third-order valence-electron chi connectivity index (χ3n) is 3.57. The van der Waals surface area contributed by atoms with E-state index in [1.54, 1.807) is 0 Å². The molecule has 21 heavy (non-hydrogen) atoms. The zero-order chi connectivity index (χ0) is 15.1. The monoisotopic (exact) mass is 309 g/mol. The second-order valence-electron chi connectivity index (χ2n) is 5.06. The number of hydrogen-bond acceptors (Lipinski definition) is 3. The van der Waals surface area contributed by atoms with Crippen molar-refractivity contribution >= 4 is 11.6 Å². The smallest absolute Gasteiger partial charge is 0.0945 e. The van der Waals surface area contributed by atoms with Gasteiger partial charge in [0.25, 0.3) is 0 Å². The number of hydrogen-bond donors (Lipinski definition) is 1. The van der Waals surface area contributed by atoms with Crippen LogP contribution in [0.2, 0.25) is 5.02 Å². The van der Waals surface area contributed by atoms with Gasteiger partial charge in [0.2, 0.25) is 0 Å². The highest BCUT2D eigenvalue weighted by Gasteiger charge is 2.13. The van der Waals surface area contributed by atoms with Gasteiger partial charge in [-0.1, -0.05) is 18.5 Å². The van der Waals surface area contributed by atoms with Gasteiger partial charge in [0.05, 0.1) is 22.7 Å². The Morgan fingerprint density at radius 2 is 2.14 bits per heavy atom. The van der Waals surface area contributed by atoms with Gasteiger partial charge in [-0.05, 0) is 32.7 Å². The first-order valence-corrected chi connectivity index (χ1v) is 8.04. The van der Waals surface area contributed by atoms with Gasteiger partial charge in [0.15, 0.2) is 0 Å². The largest absolute Gasteiger partial charge is 0.337 e. The van der Waals surface area contributed by atoms with Crippen molar-refractivity contribution in [2.75, 3.05) is 6.54 Å². The first-order chi connectivity index (χ1) is 10.3. The maximum atomic E-state index is 6.38. The van der Waals surface area contributed by atoms with E-state index in [1.807, 2.05) is 23.4 Å². The van der Waals surface area contributed by atoms with Crippen molar-refractivity contribution in [3.05, 3.63) is 35.1 Å². The number of unbranched alkanes of at least 4 members (excludes halogenated alkanes) is 1. The first kappa shape index (κ1) is 16.0. The summed E-state index contributed by atoms with van der Waals surface area (Å²) < 4.78 is 4.11. The number of aromatic nitrogens is 4. The van der Waals surface area contributed by atoms with E-state index >= 15 is 0 Å². The Morgan fingerprint density at radius 1 is 1.29 bits per heavy atom. The van der Waals surface area contributed by atoms with Crippen LogP contribution in [-0.2, 0) is 26.1 Å². The van der Waals surface area contributed by atoms with Crippen LogP contribution in [0.4, 0.5) is 0 Å². The summed E-state index contributed by atoms with van der Waals surface area (Å²) in [5.41, 5.74) is 2.10. The lowest BCUT2D eigenvalue weighted by molar-refractivity contribution is 0.543. The van der Waals surface area contributed by atoms with E-state index in [1.165, 1.54) is 0 Å². The van der Waals surface area contributed by atoms with Crippen LogP contribution in [0.5, 0.6) is 0 Å². The highest BCUT2D eigenvalue weighted by Crippen LogP contribution is 2.21. The average molecular weight is 310 g/mol. The Labute approximate surface area is 131 Å². The molecule has 0 radical (unpaired) electrons. The zero-order valence-electron chi connectivity index (χ0n) is 12.8. The van der Waals surface area contributed by atoms with Gasteiger partial charge >= 0.3 is 0 Å². The molecule has 6 heteroatoms. The Balaban J connectivity index is 1.72. The predicted octanol–water partition coefficient (Wildman–Crippen LogP) is 2.89. The molecule has 0 unspecified atom stereocenters. The van der Waals surface area contributed by atoms with Crippen LogP contribution >= 0.6 is 11.6 Å². The Hall–Kier alpha value is -1.33. The van der Waals surface area contributed by atoms with Crippen molar-refractivity contribution < 1.29 is 0 Å². The molecule has 0 amide bonds. The maximum absolute atomic E-state index is 6.38. The van der Waals surface area contributed by atoms with Crippen LogP contribution in [0, 0.1) is 0 Å². The molecule has 0 bridgehead atoms. The summed E-state index contributed by atoms with van der Waals surface area (Å²) in [5, 5.41) is 8.82. The molecule has 116 valence electrons. The summed E-state index contributed by atoms with van der Waals surface area (Å²) in [6, 6.07) is 0. The van der Waals surface area contributed by atoms with Gasteiger partial charge in [-0.3, -0.25) is 4.68 Å². The van der Waals surface area contributed by atoms with Gasteiger partial charge in [-0.15, -0.1) is 0 Å². The van der Waals surface area contributed by atoms with E-state index in [-0.39, 0.29) is 0 Å². The van der Waals surface area contributed by atoms with Crippen molar-refractivity contribution in [1.82, 2.24) is 24.6 Å². The number of rotatable bonds is 9. The fourth-order valence-electron chi connectivity index (χ4n) is 2.36. The molecule has 1 N–H and O–H groups in total. The number of aryl methyl sites for hydroxylation is 3. The molecule has 0 atom stereocenters. The van der Waals surface area contributed by atoms with E-state index in [0.717, 1.165) is 61.9 Å². The van der Waals surface area contributed by atoms with Gasteiger partial charge in [0, 0.05) is 32.0 Å². The van der Waals surface area contributed by atoms with Gasteiger partial charge in [-0.2, -0.15) is 5.10 Å². The van der Waals surface area contributed by atoms with E-state index in [9.17, 15) is 0 Å². The molecule has 0 saturated heterocycles. The van der Waals surface area contributed by atoms with E-state index < -0.39 is 0 Å². The molecule has 0 aliphatic rings. The molecule has 5 nitrogen and oxygen atoms in total. The summed E-state index contributed by atoms with van der Waals surface area (Å²) in [6.45, 7) is 7.83. The maximum Gasteiger partial charge on any atom is 0.0945 e. The zero-order valence-corrected chi connectivity index (χ0v) is 13.6. The third kappa shape index (κ3) is 4.32. The minimum Gasteiger partial charge on any atom is -0.337 e. The minimum absolute atomic E-state index is 0.782. The summed E-state index contributed by atoms with van der Waals surface area (Å²) in [4.78, 5) is 4.04. The Bertz CT molecular complexity index is 533. The number of imidazole rings is 1. The number of nitrogens with one attached hydrogen (secondary N) is 1. The van der Waals surface area contributed by atoms with Crippen LogP contribution in [-0.4, -0.2) is 25.9 Å². The fourth-order valence-corrected chi connectivity index (χ4v) is 2.69. The molecular weight excluding hydrogens is 286 g/mol. The van der Waals surface area contributed by atoms with Gasteiger partial charge in [0.1, 0.15) is 0 Å². The first-order valence-electron chi connectivity index (χ1n) is 7.66. The number of halogens is 1. The van der Waals surface area contributed by atoms with Crippen LogP contribution in [0.25, 0.3) is 0 Å². The highest BCUT2D eigenvalue weighted by atomic mass is 35.5. The molecule has 0 saturated carbocycles. The van der Waals surface area contributed by atoms with Crippen LogP contribution < -0.4 is 5.32 Å². The second-order valence-corrected chi connectivity index (χ2v) is 5.44. The average Bonchev–Trinajstić information content (AvgIpc) is 3.11. The van der Waals surface area contributed by atoms with Crippen LogP contribution in [0.3, 0.4) is 0 Å². The van der Waals surface area contributed by atoms with Crippen molar-refractivity contribution in [3.8, 4) is 0 Å². The van der Waals surface area contributed by atoms with Gasteiger partial charge < -0.3 is 9.88 Å². The van der Waals surface area contributed by atoms with Gasteiger partial charge in [-0.25, -0.2) is 4.98 Å². The molecule has 0 aromatic carbocycles. The molecule has 2 heterocycles. The summed E-state index contributed by atoms with van der Waals surface area (Å²) in [5.74, 6) is 0. The van der Waals surface area contributed by atoms with Crippen molar-refractivity contribution in [1.29, 1.82) is 0 Å². The minimum atomic E-state index is 0.782.